The molecule has 0 radical (unpaired) electrons. The molecule has 0 aliphatic heterocycles. The lowest BCUT2D eigenvalue weighted by Gasteiger charge is -2.27. The minimum atomic E-state index is -0.510. The monoisotopic (exact) mass is 349 g/mol. The van der Waals surface area contributed by atoms with Crippen LogP contribution in [0.5, 0.6) is 0 Å². The molecule has 0 bridgehead atoms. The van der Waals surface area contributed by atoms with Crippen LogP contribution in [0.3, 0.4) is 0 Å². The predicted octanol–water partition coefficient (Wildman–Crippen LogP) is 4.34. The highest BCUT2D eigenvalue weighted by Crippen LogP contribution is 2.24. The van der Waals surface area contributed by atoms with Gasteiger partial charge in [0.25, 0.3) is 0 Å². The Balaban J connectivity index is 2.40. The average Bonchev–Trinajstić information content (AvgIpc) is 2.60. The third kappa shape index (κ3) is 7.61. The zero-order chi connectivity index (χ0) is 18.7. The Hall–Kier alpha value is -2.01. The Morgan fingerprint density at radius 1 is 1.20 bits per heavy atom. The van der Waals surface area contributed by atoms with E-state index in [1.165, 1.54) is 11.8 Å². The van der Waals surface area contributed by atoms with Gasteiger partial charge < -0.3 is 19.5 Å². The quantitative estimate of drug-likeness (QED) is 0.477. The van der Waals surface area contributed by atoms with Crippen molar-refractivity contribution in [1.29, 1.82) is 0 Å². The molecule has 1 atom stereocenters. The van der Waals surface area contributed by atoms with Crippen LogP contribution >= 0.6 is 0 Å². The summed E-state index contributed by atoms with van der Waals surface area (Å²) >= 11 is 0. The Bertz CT molecular complexity index is 525. The van der Waals surface area contributed by atoms with Crippen molar-refractivity contribution in [3.05, 3.63) is 48.2 Å². The highest BCUT2D eigenvalue weighted by Gasteiger charge is 2.23. The van der Waals surface area contributed by atoms with Crippen LogP contribution in [-0.4, -0.2) is 32.5 Å². The fourth-order valence-electron chi connectivity index (χ4n) is 2.31. The van der Waals surface area contributed by atoms with E-state index in [0.717, 1.165) is 12.0 Å². The van der Waals surface area contributed by atoms with Gasteiger partial charge in [-0.25, -0.2) is 4.79 Å². The Morgan fingerprint density at radius 2 is 1.84 bits per heavy atom. The molecule has 1 aromatic rings. The summed E-state index contributed by atoms with van der Waals surface area (Å²) in [4.78, 5) is 12.0. The summed E-state index contributed by atoms with van der Waals surface area (Å²) in [6.45, 7) is 13.1. The minimum absolute atomic E-state index is 0.197. The van der Waals surface area contributed by atoms with Crippen molar-refractivity contribution in [3.8, 4) is 0 Å². The smallest absolute Gasteiger partial charge is 0.407 e. The molecule has 0 aromatic heterocycles. The first-order chi connectivity index (χ1) is 11.9. The summed E-state index contributed by atoms with van der Waals surface area (Å²) in [5, 5.41) is 2.89. The molecule has 1 unspecified atom stereocenters. The fourth-order valence-corrected chi connectivity index (χ4v) is 2.31. The van der Waals surface area contributed by atoms with Gasteiger partial charge in [0.1, 0.15) is 13.2 Å². The van der Waals surface area contributed by atoms with Gasteiger partial charge in [-0.05, 0) is 37.3 Å². The van der Waals surface area contributed by atoms with Crippen LogP contribution in [-0.2, 0) is 19.7 Å². The average molecular weight is 349 g/mol. The number of hydrogen-bond donors (Lipinski definition) is 1. The van der Waals surface area contributed by atoms with Crippen LogP contribution in [0.2, 0.25) is 0 Å². The fraction of sp³-hybridized carbons (Fsp3) is 0.550. The molecule has 1 N–H and O–H groups in total. The number of hydrogen-bond acceptors (Lipinski definition) is 4. The molecule has 0 aliphatic carbocycles. The zero-order valence-electron chi connectivity index (χ0n) is 15.8. The van der Waals surface area contributed by atoms with E-state index in [0.29, 0.717) is 25.7 Å². The van der Waals surface area contributed by atoms with Gasteiger partial charge in [-0.15, -0.1) is 0 Å². The molecular weight excluding hydrogens is 318 g/mol. The molecule has 0 fully saturated rings. The van der Waals surface area contributed by atoms with Crippen molar-refractivity contribution in [1.82, 2.24) is 5.32 Å². The first kappa shape index (κ1) is 21.0. The lowest BCUT2D eigenvalue weighted by Crippen LogP contribution is -2.41. The van der Waals surface area contributed by atoms with Crippen molar-refractivity contribution in [2.45, 2.75) is 45.6 Å². The Morgan fingerprint density at radius 3 is 2.44 bits per heavy atom. The molecule has 0 spiro atoms. The molecule has 0 aliphatic rings. The normalized spacial score (nSPS) is 12.3. The number of alkyl carbamates (subject to hydrolysis) is 1. The van der Waals surface area contributed by atoms with Crippen LogP contribution in [0.4, 0.5) is 4.79 Å². The molecule has 5 heteroatoms. The van der Waals surface area contributed by atoms with E-state index in [2.05, 4.69) is 50.0 Å². The van der Waals surface area contributed by atoms with Gasteiger partial charge in [-0.2, -0.15) is 0 Å². The van der Waals surface area contributed by atoms with Crippen LogP contribution in [0, 0.1) is 0 Å². The molecule has 140 valence electrons. The number of nitrogens with one attached hydrogen (secondary N) is 1. The van der Waals surface area contributed by atoms with Gasteiger partial charge in [-0.1, -0.05) is 44.7 Å². The largest absolute Gasteiger partial charge is 0.499 e. The third-order valence-corrected chi connectivity index (χ3v) is 4.15. The first-order valence-electron chi connectivity index (χ1n) is 8.76. The summed E-state index contributed by atoms with van der Waals surface area (Å²) < 4.78 is 15.3. The molecule has 25 heavy (non-hydrogen) atoms. The van der Waals surface area contributed by atoms with Gasteiger partial charge in [0.05, 0.1) is 25.0 Å². The number of carbonyl (C=O) groups is 1. The number of benzene rings is 1. The highest BCUT2D eigenvalue weighted by molar-refractivity contribution is 5.68. The van der Waals surface area contributed by atoms with Gasteiger partial charge >= 0.3 is 6.09 Å². The SMILES string of the molecule is C=COCCOCCOC(=O)NC(C)(C)c1ccc(C(C)CC)cc1. The van der Waals surface area contributed by atoms with E-state index >= 15 is 0 Å². The second-order valence-corrected chi connectivity index (χ2v) is 6.47. The van der Waals surface area contributed by atoms with Crippen LogP contribution in [0.15, 0.2) is 37.1 Å². The number of amides is 1. The van der Waals surface area contributed by atoms with Crippen LogP contribution < -0.4 is 5.32 Å². The zero-order valence-corrected chi connectivity index (χ0v) is 15.8. The topological polar surface area (TPSA) is 56.8 Å². The number of carbonyl (C=O) groups excluding carboxylic acids is 1. The highest BCUT2D eigenvalue weighted by atomic mass is 16.6. The van der Waals surface area contributed by atoms with E-state index in [1.807, 2.05) is 13.8 Å². The molecule has 0 heterocycles. The predicted molar refractivity (Wildman–Crippen MR) is 99.6 cm³/mol. The van der Waals surface area contributed by atoms with Crippen molar-refractivity contribution in [2.75, 3.05) is 26.4 Å². The minimum Gasteiger partial charge on any atom is -0.499 e. The molecule has 5 nitrogen and oxygen atoms in total. The van der Waals surface area contributed by atoms with Crippen molar-refractivity contribution in [3.63, 3.8) is 0 Å². The van der Waals surface area contributed by atoms with Crippen molar-refractivity contribution >= 4 is 6.09 Å². The van der Waals surface area contributed by atoms with E-state index in [-0.39, 0.29) is 6.61 Å². The molecule has 0 saturated carbocycles. The Kier molecular flexibility index (Phi) is 9.06. The van der Waals surface area contributed by atoms with Gasteiger partial charge in [0.2, 0.25) is 0 Å². The van der Waals surface area contributed by atoms with Crippen molar-refractivity contribution in [2.24, 2.45) is 0 Å². The van der Waals surface area contributed by atoms with Crippen LogP contribution in [0.25, 0.3) is 0 Å². The summed E-state index contributed by atoms with van der Waals surface area (Å²) in [5.41, 5.74) is 1.83. The molecule has 1 rings (SSSR count). The molecular formula is C20H31NO4. The summed E-state index contributed by atoms with van der Waals surface area (Å²) in [6, 6.07) is 8.36. The van der Waals surface area contributed by atoms with Crippen LogP contribution in [0.1, 0.15) is 51.2 Å². The summed E-state index contributed by atoms with van der Waals surface area (Å²) in [6.07, 6.45) is 2.02. The molecule has 1 aromatic carbocycles. The summed E-state index contributed by atoms with van der Waals surface area (Å²) in [5.74, 6) is 0.534. The molecule has 1 amide bonds. The third-order valence-electron chi connectivity index (χ3n) is 4.15. The standard InChI is InChI=1S/C20H31NO4/c1-6-16(3)17-8-10-18(11-9-17)20(4,5)21-19(22)25-15-14-24-13-12-23-7-2/h7-11,16H,2,6,12-15H2,1,3-5H3,(H,21,22). The number of ether oxygens (including phenoxy) is 3. The molecule has 0 saturated heterocycles. The first-order valence-corrected chi connectivity index (χ1v) is 8.76. The van der Waals surface area contributed by atoms with Crippen molar-refractivity contribution < 1.29 is 19.0 Å². The van der Waals surface area contributed by atoms with Gasteiger partial charge in [0.15, 0.2) is 0 Å². The van der Waals surface area contributed by atoms with Gasteiger partial charge in [0, 0.05) is 0 Å². The maximum atomic E-state index is 12.0. The van der Waals surface area contributed by atoms with E-state index in [1.54, 1.807) is 0 Å². The second kappa shape index (κ2) is 10.8. The number of rotatable bonds is 11. The Labute approximate surface area is 151 Å². The maximum Gasteiger partial charge on any atom is 0.407 e. The maximum absolute atomic E-state index is 12.0. The van der Waals surface area contributed by atoms with E-state index < -0.39 is 11.6 Å². The van der Waals surface area contributed by atoms with E-state index in [4.69, 9.17) is 14.2 Å². The lowest BCUT2D eigenvalue weighted by atomic mass is 9.91. The van der Waals surface area contributed by atoms with Gasteiger partial charge in [-0.3, -0.25) is 0 Å². The van der Waals surface area contributed by atoms with E-state index in [9.17, 15) is 4.79 Å². The lowest BCUT2D eigenvalue weighted by molar-refractivity contribution is 0.0482. The second-order valence-electron chi connectivity index (χ2n) is 6.47. The summed E-state index contributed by atoms with van der Waals surface area (Å²) in [7, 11) is 0.